The van der Waals surface area contributed by atoms with E-state index in [2.05, 4.69) is 24.8 Å². The quantitative estimate of drug-likeness (QED) is 0.710. The summed E-state index contributed by atoms with van der Waals surface area (Å²) in [5.41, 5.74) is 3.33. The van der Waals surface area contributed by atoms with Crippen LogP contribution in [0, 0.1) is 6.92 Å². The zero-order valence-corrected chi connectivity index (χ0v) is 15.4. The molecule has 7 nitrogen and oxygen atoms in total. The van der Waals surface area contributed by atoms with Crippen LogP contribution in [0.3, 0.4) is 0 Å². The van der Waals surface area contributed by atoms with E-state index in [0.29, 0.717) is 12.1 Å². The summed E-state index contributed by atoms with van der Waals surface area (Å²) in [6.07, 6.45) is 8.02. The van der Waals surface area contributed by atoms with Crippen LogP contribution in [-0.2, 0) is 6.54 Å². The molecule has 1 aromatic carbocycles. The number of benzene rings is 1. The molecule has 3 heterocycles. The van der Waals surface area contributed by atoms with Gasteiger partial charge in [0.1, 0.15) is 5.82 Å². The van der Waals surface area contributed by atoms with E-state index in [-0.39, 0.29) is 5.91 Å². The van der Waals surface area contributed by atoms with Gasteiger partial charge in [0, 0.05) is 68.6 Å². The van der Waals surface area contributed by atoms with Gasteiger partial charge in [-0.3, -0.25) is 19.7 Å². The van der Waals surface area contributed by atoms with Crippen molar-refractivity contribution in [2.45, 2.75) is 19.9 Å². The van der Waals surface area contributed by atoms with Gasteiger partial charge in [0.2, 0.25) is 0 Å². The van der Waals surface area contributed by atoms with Crippen molar-refractivity contribution in [3.63, 3.8) is 0 Å². The van der Waals surface area contributed by atoms with Crippen molar-refractivity contribution in [3.05, 3.63) is 59.9 Å². The molecule has 1 aliphatic heterocycles. The minimum atomic E-state index is 0.0584. The Morgan fingerprint density at radius 3 is 2.56 bits per heavy atom. The number of nitrogens with zero attached hydrogens (tertiary/aromatic N) is 6. The third kappa shape index (κ3) is 4.09. The van der Waals surface area contributed by atoms with E-state index < -0.39 is 0 Å². The fourth-order valence-corrected chi connectivity index (χ4v) is 3.37. The Kier molecular flexibility index (Phi) is 5.02. The Bertz CT molecular complexity index is 943. The molecule has 27 heavy (non-hydrogen) atoms. The molecule has 0 saturated carbocycles. The number of carbonyl (C=O) groups excluding carboxylic acids is 1. The van der Waals surface area contributed by atoms with E-state index in [1.165, 1.54) is 0 Å². The Morgan fingerprint density at radius 1 is 0.963 bits per heavy atom. The van der Waals surface area contributed by atoms with Crippen LogP contribution in [0.25, 0.3) is 11.0 Å². The molecule has 1 saturated heterocycles. The molecule has 4 rings (SSSR count). The van der Waals surface area contributed by atoms with Gasteiger partial charge < -0.3 is 4.90 Å². The third-order valence-electron chi connectivity index (χ3n) is 4.83. The monoisotopic (exact) mass is 362 g/mol. The number of fused-ring (bicyclic) bond motifs is 1. The number of hydrogen-bond acceptors (Lipinski definition) is 6. The molecule has 0 aliphatic carbocycles. The highest BCUT2D eigenvalue weighted by Gasteiger charge is 2.21. The molecule has 1 aliphatic rings. The maximum atomic E-state index is 12.9. The molecule has 0 spiro atoms. The minimum absolute atomic E-state index is 0.0584. The second-order valence-electron chi connectivity index (χ2n) is 6.82. The van der Waals surface area contributed by atoms with Gasteiger partial charge in [0.05, 0.1) is 11.0 Å². The second kappa shape index (κ2) is 7.75. The number of rotatable bonds is 3. The van der Waals surface area contributed by atoms with E-state index >= 15 is 0 Å². The van der Waals surface area contributed by atoms with E-state index in [1.54, 1.807) is 12.4 Å². The minimum Gasteiger partial charge on any atom is -0.337 e. The van der Waals surface area contributed by atoms with E-state index in [1.807, 2.05) is 42.4 Å². The summed E-state index contributed by atoms with van der Waals surface area (Å²) >= 11 is 0. The zero-order valence-electron chi connectivity index (χ0n) is 15.4. The first-order valence-electron chi connectivity index (χ1n) is 9.19. The van der Waals surface area contributed by atoms with E-state index in [0.717, 1.165) is 55.0 Å². The molecule has 1 amide bonds. The van der Waals surface area contributed by atoms with Gasteiger partial charge in [-0.15, -0.1) is 0 Å². The molecule has 3 aromatic rings. The average Bonchev–Trinajstić information content (AvgIpc) is 2.94. The summed E-state index contributed by atoms with van der Waals surface area (Å²) in [6, 6.07) is 5.53. The van der Waals surface area contributed by atoms with Crippen molar-refractivity contribution in [1.82, 2.24) is 29.7 Å². The normalized spacial score (nSPS) is 15.7. The van der Waals surface area contributed by atoms with E-state index in [9.17, 15) is 4.79 Å². The van der Waals surface area contributed by atoms with Crippen LogP contribution >= 0.6 is 0 Å². The Balaban J connectivity index is 1.42. The predicted molar refractivity (Wildman–Crippen MR) is 102 cm³/mol. The predicted octanol–water partition coefficient (Wildman–Crippen LogP) is 2.08. The maximum Gasteiger partial charge on any atom is 0.253 e. The van der Waals surface area contributed by atoms with Crippen LogP contribution in [0.5, 0.6) is 0 Å². The van der Waals surface area contributed by atoms with Gasteiger partial charge >= 0.3 is 0 Å². The summed E-state index contributed by atoms with van der Waals surface area (Å²) in [5.74, 6) is 0.842. The highest BCUT2D eigenvalue weighted by atomic mass is 16.2. The molecule has 0 radical (unpaired) electrons. The standard InChI is InChI=1S/C20H22N6O/c1-15-23-12-16(13-24-15)14-25-7-2-8-26(10-9-25)20(27)17-3-4-18-19(11-17)22-6-5-21-18/h3-6,11-13H,2,7-10,14H2,1H3. The fraction of sp³-hybridized carbons (Fsp3) is 0.350. The number of carbonyl (C=O) groups is 1. The van der Waals surface area contributed by atoms with Crippen molar-refractivity contribution in [2.24, 2.45) is 0 Å². The summed E-state index contributed by atoms with van der Waals surface area (Å²) in [7, 11) is 0. The number of aromatic nitrogens is 4. The SMILES string of the molecule is Cc1ncc(CN2CCCN(C(=O)c3ccc4nccnc4c3)CC2)cn1. The number of hydrogen-bond donors (Lipinski definition) is 0. The highest BCUT2D eigenvalue weighted by Crippen LogP contribution is 2.15. The first-order chi connectivity index (χ1) is 13.2. The molecule has 2 aromatic heterocycles. The fourth-order valence-electron chi connectivity index (χ4n) is 3.37. The van der Waals surface area contributed by atoms with Gasteiger partial charge in [0.25, 0.3) is 5.91 Å². The summed E-state index contributed by atoms with van der Waals surface area (Å²) < 4.78 is 0. The number of aryl methyl sites for hydroxylation is 1. The number of amides is 1. The van der Waals surface area contributed by atoms with Gasteiger partial charge in [-0.2, -0.15) is 0 Å². The second-order valence-corrected chi connectivity index (χ2v) is 6.82. The van der Waals surface area contributed by atoms with Gasteiger partial charge in [-0.25, -0.2) is 9.97 Å². The topological polar surface area (TPSA) is 75.1 Å². The lowest BCUT2D eigenvalue weighted by atomic mass is 10.1. The molecule has 0 bridgehead atoms. The van der Waals surface area contributed by atoms with Crippen molar-refractivity contribution in [2.75, 3.05) is 26.2 Å². The Labute approximate surface area is 158 Å². The maximum absolute atomic E-state index is 12.9. The van der Waals surface area contributed by atoms with Crippen LogP contribution in [0.15, 0.2) is 43.0 Å². The van der Waals surface area contributed by atoms with Gasteiger partial charge in [0.15, 0.2) is 0 Å². The van der Waals surface area contributed by atoms with Crippen LogP contribution in [0.1, 0.15) is 28.2 Å². The van der Waals surface area contributed by atoms with Crippen LogP contribution < -0.4 is 0 Å². The van der Waals surface area contributed by atoms with Crippen molar-refractivity contribution < 1.29 is 4.79 Å². The molecular formula is C20H22N6O. The van der Waals surface area contributed by atoms with Gasteiger partial charge in [-0.1, -0.05) is 0 Å². The summed E-state index contributed by atoms with van der Waals surface area (Å²) in [6.45, 7) is 5.97. The Hall–Kier alpha value is -2.93. The Morgan fingerprint density at radius 2 is 1.74 bits per heavy atom. The van der Waals surface area contributed by atoms with Crippen LogP contribution in [0.2, 0.25) is 0 Å². The van der Waals surface area contributed by atoms with Crippen LogP contribution in [0.4, 0.5) is 0 Å². The van der Waals surface area contributed by atoms with Crippen molar-refractivity contribution in [3.8, 4) is 0 Å². The van der Waals surface area contributed by atoms with Crippen molar-refractivity contribution in [1.29, 1.82) is 0 Å². The van der Waals surface area contributed by atoms with Gasteiger partial charge in [-0.05, 0) is 31.5 Å². The highest BCUT2D eigenvalue weighted by molar-refractivity contribution is 5.97. The van der Waals surface area contributed by atoms with Crippen molar-refractivity contribution >= 4 is 16.9 Å². The molecule has 0 N–H and O–H groups in total. The summed E-state index contributed by atoms with van der Waals surface area (Å²) in [5, 5.41) is 0. The first-order valence-corrected chi connectivity index (χ1v) is 9.19. The average molecular weight is 362 g/mol. The molecule has 1 fully saturated rings. The zero-order chi connectivity index (χ0) is 18.6. The van der Waals surface area contributed by atoms with E-state index in [4.69, 9.17) is 0 Å². The largest absolute Gasteiger partial charge is 0.337 e. The molecule has 138 valence electrons. The molecule has 0 unspecified atom stereocenters. The lowest BCUT2D eigenvalue weighted by Gasteiger charge is -2.22. The van der Waals surface area contributed by atoms with Crippen LogP contribution in [-0.4, -0.2) is 61.8 Å². The molecule has 7 heteroatoms. The lowest BCUT2D eigenvalue weighted by molar-refractivity contribution is 0.0761. The molecular weight excluding hydrogens is 340 g/mol. The first kappa shape index (κ1) is 17.5. The smallest absolute Gasteiger partial charge is 0.253 e. The lowest BCUT2D eigenvalue weighted by Crippen LogP contribution is -2.35. The molecule has 0 atom stereocenters. The third-order valence-corrected chi connectivity index (χ3v) is 4.83. The summed E-state index contributed by atoms with van der Waals surface area (Å²) in [4.78, 5) is 34.3.